The third-order valence-corrected chi connectivity index (χ3v) is 3.01. The molecule has 21 heavy (non-hydrogen) atoms. The standard InChI is InChI=1S/C8H8O2.C7H5IO2.CH4/c1-10-8(9)7-5-3-2-4-6-7;8-6-3-1-5(2-4-6)7(9)10;/h2-6H,1H3;1-4H,(H,9,10);1H4. The number of carboxylic acids is 1. The SMILES string of the molecule is C.COC(=O)c1ccccc1.O=C(O)c1ccc(I)cc1. The molecule has 0 radical (unpaired) electrons. The van der Waals surface area contributed by atoms with Crippen LogP contribution in [0.2, 0.25) is 0 Å². The van der Waals surface area contributed by atoms with Crippen molar-refractivity contribution in [2.75, 3.05) is 7.11 Å². The van der Waals surface area contributed by atoms with E-state index >= 15 is 0 Å². The molecule has 0 aromatic heterocycles. The van der Waals surface area contributed by atoms with E-state index in [2.05, 4.69) is 27.3 Å². The van der Waals surface area contributed by atoms with Gasteiger partial charge in [0.15, 0.2) is 0 Å². The van der Waals surface area contributed by atoms with Crippen molar-refractivity contribution >= 4 is 34.5 Å². The first-order valence-corrected chi connectivity index (χ1v) is 6.74. The van der Waals surface area contributed by atoms with Gasteiger partial charge in [-0.25, -0.2) is 9.59 Å². The number of methoxy groups -OCH3 is 1. The number of rotatable bonds is 2. The van der Waals surface area contributed by atoms with Crippen LogP contribution in [-0.2, 0) is 4.74 Å². The smallest absolute Gasteiger partial charge is 0.337 e. The third kappa shape index (κ3) is 6.89. The van der Waals surface area contributed by atoms with Crippen LogP contribution < -0.4 is 0 Å². The summed E-state index contributed by atoms with van der Waals surface area (Å²) in [4.78, 5) is 21.1. The molecule has 0 fully saturated rings. The lowest BCUT2D eigenvalue weighted by molar-refractivity contribution is 0.0600. The Bertz CT molecular complexity index is 565. The molecule has 2 aromatic rings. The van der Waals surface area contributed by atoms with Gasteiger partial charge in [0.05, 0.1) is 18.2 Å². The van der Waals surface area contributed by atoms with Gasteiger partial charge in [-0.2, -0.15) is 0 Å². The number of benzene rings is 2. The number of carbonyl (C=O) groups excluding carboxylic acids is 1. The molecule has 0 amide bonds. The fourth-order valence-corrected chi connectivity index (χ4v) is 1.64. The van der Waals surface area contributed by atoms with Crippen LogP contribution in [0.5, 0.6) is 0 Å². The zero-order valence-electron chi connectivity index (χ0n) is 10.7. The van der Waals surface area contributed by atoms with Gasteiger partial charge in [0, 0.05) is 3.57 Å². The lowest BCUT2D eigenvalue weighted by Crippen LogP contribution is -1.99. The van der Waals surface area contributed by atoms with Crippen LogP contribution in [0.4, 0.5) is 0 Å². The summed E-state index contributed by atoms with van der Waals surface area (Å²) in [5.74, 6) is -1.17. The number of carboxylic acid groups (broad SMARTS) is 1. The van der Waals surface area contributed by atoms with Gasteiger partial charge in [-0.3, -0.25) is 0 Å². The van der Waals surface area contributed by atoms with Gasteiger partial charge in [0.2, 0.25) is 0 Å². The molecule has 5 heteroatoms. The molecule has 0 saturated heterocycles. The highest BCUT2D eigenvalue weighted by atomic mass is 127. The Morgan fingerprint density at radius 3 is 1.90 bits per heavy atom. The molecule has 0 spiro atoms. The van der Waals surface area contributed by atoms with Gasteiger partial charge in [-0.15, -0.1) is 0 Å². The summed E-state index contributed by atoms with van der Waals surface area (Å²) in [6, 6.07) is 15.6. The molecule has 0 aliphatic carbocycles. The van der Waals surface area contributed by atoms with E-state index in [0.717, 1.165) is 3.57 Å². The average molecular weight is 400 g/mol. The van der Waals surface area contributed by atoms with Gasteiger partial charge >= 0.3 is 11.9 Å². The van der Waals surface area contributed by atoms with Crippen LogP contribution in [0.1, 0.15) is 28.1 Å². The highest BCUT2D eigenvalue weighted by Gasteiger charge is 2.00. The lowest BCUT2D eigenvalue weighted by atomic mass is 10.2. The Hall–Kier alpha value is -1.89. The number of aromatic carboxylic acids is 1. The highest BCUT2D eigenvalue weighted by Crippen LogP contribution is 2.06. The topological polar surface area (TPSA) is 63.6 Å². The molecule has 2 aromatic carbocycles. The van der Waals surface area contributed by atoms with Gasteiger partial charge in [-0.1, -0.05) is 25.6 Å². The van der Waals surface area contributed by atoms with Gasteiger partial charge in [0.25, 0.3) is 0 Å². The molecule has 112 valence electrons. The zero-order chi connectivity index (χ0) is 15.0. The minimum absolute atomic E-state index is 0. The minimum Gasteiger partial charge on any atom is -0.478 e. The van der Waals surface area contributed by atoms with Crippen LogP contribution in [0.15, 0.2) is 54.6 Å². The van der Waals surface area contributed by atoms with Crippen molar-refractivity contribution in [1.82, 2.24) is 0 Å². The number of ether oxygens (including phenoxy) is 1. The van der Waals surface area contributed by atoms with Crippen molar-refractivity contribution in [3.05, 3.63) is 69.3 Å². The maximum atomic E-state index is 10.8. The number of carbonyl (C=O) groups is 2. The van der Waals surface area contributed by atoms with E-state index in [4.69, 9.17) is 5.11 Å². The van der Waals surface area contributed by atoms with Crippen molar-refractivity contribution < 1.29 is 19.4 Å². The first-order valence-electron chi connectivity index (χ1n) is 5.67. The molecule has 0 saturated carbocycles. The summed E-state index contributed by atoms with van der Waals surface area (Å²) in [5.41, 5.74) is 0.922. The molecule has 2 rings (SSSR count). The highest BCUT2D eigenvalue weighted by molar-refractivity contribution is 14.1. The van der Waals surface area contributed by atoms with Crippen molar-refractivity contribution in [1.29, 1.82) is 0 Å². The van der Waals surface area contributed by atoms with Crippen LogP contribution in [0, 0.1) is 3.57 Å². The number of esters is 1. The van der Waals surface area contributed by atoms with Gasteiger partial charge in [0.1, 0.15) is 0 Å². The Morgan fingerprint density at radius 1 is 0.952 bits per heavy atom. The molecule has 0 atom stereocenters. The third-order valence-electron chi connectivity index (χ3n) is 2.29. The minimum atomic E-state index is -0.878. The molecule has 0 aliphatic rings. The van der Waals surface area contributed by atoms with Crippen LogP contribution in [0.3, 0.4) is 0 Å². The molecule has 0 unspecified atom stereocenters. The van der Waals surface area contributed by atoms with E-state index in [0.29, 0.717) is 11.1 Å². The van der Waals surface area contributed by atoms with E-state index in [1.165, 1.54) is 7.11 Å². The molecule has 1 N–H and O–H groups in total. The summed E-state index contributed by atoms with van der Waals surface area (Å²) in [6.07, 6.45) is 0. The normalized spacial score (nSPS) is 8.67. The molecule has 0 bridgehead atoms. The molecule has 0 aliphatic heterocycles. The van der Waals surface area contributed by atoms with E-state index in [1.54, 1.807) is 48.5 Å². The number of hydrogen-bond donors (Lipinski definition) is 1. The van der Waals surface area contributed by atoms with Crippen molar-refractivity contribution in [3.8, 4) is 0 Å². The van der Waals surface area contributed by atoms with Gasteiger partial charge in [-0.05, 0) is 59.0 Å². The fourth-order valence-electron chi connectivity index (χ4n) is 1.28. The monoisotopic (exact) mass is 400 g/mol. The van der Waals surface area contributed by atoms with E-state index in [1.807, 2.05) is 6.07 Å². The quantitative estimate of drug-likeness (QED) is 0.609. The summed E-state index contributed by atoms with van der Waals surface area (Å²) in [6.45, 7) is 0. The van der Waals surface area contributed by atoms with Crippen molar-refractivity contribution in [2.45, 2.75) is 7.43 Å². The second kappa shape index (κ2) is 9.93. The Kier molecular flexibility index (Phi) is 9.03. The van der Waals surface area contributed by atoms with Crippen molar-refractivity contribution in [3.63, 3.8) is 0 Å². The number of halogens is 1. The maximum Gasteiger partial charge on any atom is 0.337 e. The molecule has 4 nitrogen and oxygen atoms in total. The first-order chi connectivity index (χ1) is 9.54. The largest absolute Gasteiger partial charge is 0.478 e. The Labute approximate surface area is 137 Å². The second-order valence-corrected chi connectivity index (χ2v) is 4.92. The second-order valence-electron chi connectivity index (χ2n) is 3.67. The van der Waals surface area contributed by atoms with E-state index in [9.17, 15) is 9.59 Å². The van der Waals surface area contributed by atoms with E-state index < -0.39 is 5.97 Å². The van der Waals surface area contributed by atoms with Crippen LogP contribution >= 0.6 is 22.6 Å². The summed E-state index contributed by atoms with van der Waals surface area (Å²) < 4.78 is 5.54. The molecular formula is C16H17IO4. The lowest BCUT2D eigenvalue weighted by Gasteiger charge is -1.95. The Morgan fingerprint density at radius 2 is 1.48 bits per heavy atom. The predicted octanol–water partition coefficient (Wildman–Crippen LogP) is 4.10. The Balaban J connectivity index is 0.000000364. The van der Waals surface area contributed by atoms with E-state index in [-0.39, 0.29) is 13.4 Å². The first kappa shape index (κ1) is 19.1. The number of hydrogen-bond acceptors (Lipinski definition) is 3. The molecular weight excluding hydrogens is 383 g/mol. The van der Waals surface area contributed by atoms with Gasteiger partial charge < -0.3 is 9.84 Å². The average Bonchev–Trinajstić information content (AvgIpc) is 2.48. The fraction of sp³-hybridized carbons (Fsp3) is 0.125. The summed E-state index contributed by atoms with van der Waals surface area (Å²) in [7, 11) is 1.37. The zero-order valence-corrected chi connectivity index (χ0v) is 12.9. The predicted molar refractivity (Wildman–Crippen MR) is 90.6 cm³/mol. The summed E-state index contributed by atoms with van der Waals surface area (Å²) in [5, 5.41) is 8.47. The van der Waals surface area contributed by atoms with Crippen LogP contribution in [0.25, 0.3) is 0 Å². The summed E-state index contributed by atoms with van der Waals surface area (Å²) >= 11 is 2.13. The van der Waals surface area contributed by atoms with Crippen LogP contribution in [-0.4, -0.2) is 24.2 Å². The van der Waals surface area contributed by atoms with Crippen molar-refractivity contribution in [2.24, 2.45) is 0 Å². The molecule has 0 heterocycles. The maximum absolute atomic E-state index is 10.8.